The van der Waals surface area contributed by atoms with Crippen molar-refractivity contribution >= 4 is 0 Å². The van der Waals surface area contributed by atoms with E-state index in [9.17, 15) is 4.79 Å². The number of ether oxygens (including phenoxy) is 1. The average molecular weight is 390 g/mol. The predicted octanol–water partition coefficient (Wildman–Crippen LogP) is 3.66. The summed E-state index contributed by atoms with van der Waals surface area (Å²) in [4.78, 5) is 12.3. The molecule has 0 N–H and O–H groups in total. The molecule has 29 heavy (non-hydrogen) atoms. The number of hydrogen-bond acceptors (Lipinski definition) is 4. The molecule has 0 aliphatic carbocycles. The van der Waals surface area contributed by atoms with Crippen LogP contribution in [0.5, 0.6) is 5.75 Å². The molecule has 4 rings (SSSR count). The van der Waals surface area contributed by atoms with Crippen LogP contribution in [0.3, 0.4) is 0 Å². The van der Waals surface area contributed by atoms with Gasteiger partial charge >= 0.3 is 5.69 Å². The Morgan fingerprint density at radius 2 is 1.72 bits per heavy atom. The van der Waals surface area contributed by atoms with Gasteiger partial charge in [0.1, 0.15) is 6.61 Å². The first-order valence-electron chi connectivity index (χ1n) is 9.11. The number of nitrogens with zero attached hydrogens (tertiary/aromatic N) is 4. The van der Waals surface area contributed by atoms with E-state index in [0.717, 1.165) is 21.4 Å². The largest absolute Gasteiger partial charge is 0.486 e. The fourth-order valence-electron chi connectivity index (χ4n) is 3.15. The molecule has 0 fully saturated rings. The van der Waals surface area contributed by atoms with E-state index in [1.165, 1.54) is 11.7 Å². The van der Waals surface area contributed by atoms with Crippen LogP contribution in [0.1, 0.15) is 11.1 Å². The van der Waals surface area contributed by atoms with Gasteiger partial charge < -0.3 is 4.74 Å². The highest BCUT2D eigenvalue weighted by Crippen LogP contribution is 2.30. The van der Waals surface area contributed by atoms with E-state index in [1.807, 2.05) is 49.4 Å². The van der Waals surface area contributed by atoms with E-state index in [4.69, 9.17) is 4.74 Å². The second-order valence-corrected chi connectivity index (χ2v) is 6.64. The maximum absolute atomic E-state index is 15.0. The molecule has 0 saturated carbocycles. The van der Waals surface area contributed by atoms with Gasteiger partial charge in [-0.3, -0.25) is 0 Å². The predicted molar refractivity (Wildman–Crippen MR) is 108 cm³/mol. The summed E-state index contributed by atoms with van der Waals surface area (Å²) in [5, 5.41) is 7.66. The summed E-state index contributed by atoms with van der Waals surface area (Å²) in [6.45, 7) is 1.99. The highest BCUT2D eigenvalue weighted by Gasteiger charge is 2.15. The third-order valence-corrected chi connectivity index (χ3v) is 4.76. The van der Waals surface area contributed by atoms with Crippen molar-refractivity contribution in [1.29, 1.82) is 0 Å². The third kappa shape index (κ3) is 3.54. The summed E-state index contributed by atoms with van der Waals surface area (Å²) in [6.07, 6.45) is 0. The van der Waals surface area contributed by atoms with E-state index < -0.39 is 5.82 Å². The zero-order valence-corrected chi connectivity index (χ0v) is 16.0. The Morgan fingerprint density at radius 1 is 0.966 bits per heavy atom. The third-order valence-electron chi connectivity index (χ3n) is 4.76. The molecule has 0 radical (unpaired) electrons. The number of rotatable bonds is 5. The Hall–Kier alpha value is -3.74. The van der Waals surface area contributed by atoms with Gasteiger partial charge in [0.25, 0.3) is 0 Å². The van der Waals surface area contributed by atoms with Crippen molar-refractivity contribution in [3.63, 3.8) is 0 Å². The first-order chi connectivity index (χ1) is 14.1. The van der Waals surface area contributed by atoms with Gasteiger partial charge in [-0.2, -0.15) is 9.36 Å². The normalized spacial score (nSPS) is 10.9. The maximum atomic E-state index is 15.0. The van der Waals surface area contributed by atoms with Gasteiger partial charge in [-0.25, -0.2) is 9.18 Å². The van der Waals surface area contributed by atoms with Crippen LogP contribution in [0.25, 0.3) is 16.8 Å². The van der Waals surface area contributed by atoms with Crippen LogP contribution in [0.4, 0.5) is 4.39 Å². The Bertz CT molecular complexity index is 1220. The minimum absolute atomic E-state index is 0.0835. The minimum Gasteiger partial charge on any atom is -0.486 e. The lowest BCUT2D eigenvalue weighted by atomic mass is 10.0. The van der Waals surface area contributed by atoms with Gasteiger partial charge in [0.15, 0.2) is 11.6 Å². The molecular weight excluding hydrogens is 371 g/mol. The van der Waals surface area contributed by atoms with E-state index in [2.05, 4.69) is 10.4 Å². The molecule has 1 aromatic heterocycles. The summed E-state index contributed by atoms with van der Waals surface area (Å²) in [6, 6.07) is 19.9. The topological polar surface area (TPSA) is 61.9 Å². The molecule has 0 aliphatic heterocycles. The first-order valence-corrected chi connectivity index (χ1v) is 9.11. The van der Waals surface area contributed by atoms with Crippen LogP contribution in [0, 0.1) is 12.7 Å². The van der Waals surface area contributed by atoms with Gasteiger partial charge in [-0.1, -0.05) is 54.6 Å². The molecular formula is C22H19FN4O2. The Balaban J connectivity index is 1.67. The summed E-state index contributed by atoms with van der Waals surface area (Å²) < 4.78 is 23.2. The quantitative estimate of drug-likeness (QED) is 0.522. The van der Waals surface area contributed by atoms with Gasteiger partial charge in [0.2, 0.25) is 0 Å². The van der Waals surface area contributed by atoms with E-state index in [-0.39, 0.29) is 18.0 Å². The summed E-state index contributed by atoms with van der Waals surface area (Å²) >= 11 is 0. The maximum Gasteiger partial charge on any atom is 0.368 e. The molecule has 0 aliphatic rings. The molecule has 0 amide bonds. The standard InChI is InChI=1S/C22H19FN4O2/c1-15-8-6-12-19(27-22(28)26(2)24-25-27)18(15)14-29-20-13-7-11-17(21(20)23)16-9-4-3-5-10-16/h3-13H,14H2,1-2H3. The molecule has 3 aromatic carbocycles. The molecule has 0 unspecified atom stereocenters. The lowest BCUT2D eigenvalue weighted by Crippen LogP contribution is -2.23. The van der Waals surface area contributed by atoms with E-state index in [1.54, 1.807) is 24.3 Å². The van der Waals surface area contributed by atoms with Crippen LogP contribution in [0.15, 0.2) is 71.5 Å². The number of halogens is 1. The summed E-state index contributed by atoms with van der Waals surface area (Å²) in [5.41, 5.74) is 3.08. The molecule has 7 heteroatoms. The SMILES string of the molecule is Cc1cccc(-n2nnn(C)c2=O)c1COc1cccc(-c2ccccc2)c1F. The van der Waals surface area contributed by atoms with Crippen LogP contribution in [0.2, 0.25) is 0 Å². The second kappa shape index (κ2) is 7.71. The lowest BCUT2D eigenvalue weighted by molar-refractivity contribution is 0.289. The molecule has 0 spiro atoms. The molecule has 0 bridgehead atoms. The average Bonchev–Trinajstić information content (AvgIpc) is 3.07. The van der Waals surface area contributed by atoms with Gasteiger partial charge in [0, 0.05) is 18.2 Å². The van der Waals surface area contributed by atoms with E-state index in [0.29, 0.717) is 11.3 Å². The Morgan fingerprint density at radius 3 is 2.45 bits per heavy atom. The summed E-state index contributed by atoms with van der Waals surface area (Å²) in [7, 11) is 1.53. The highest BCUT2D eigenvalue weighted by molar-refractivity contribution is 5.65. The van der Waals surface area contributed by atoms with Gasteiger partial charge in [-0.05, 0) is 40.6 Å². The number of benzene rings is 3. The molecule has 1 heterocycles. The van der Waals surface area contributed by atoms with Crippen molar-refractivity contribution in [3.8, 4) is 22.6 Å². The zero-order valence-electron chi connectivity index (χ0n) is 16.0. The number of aromatic nitrogens is 4. The van der Waals surface area contributed by atoms with Crippen LogP contribution in [-0.2, 0) is 13.7 Å². The fraction of sp³-hybridized carbons (Fsp3) is 0.136. The Labute approximate surface area is 166 Å². The molecule has 146 valence electrons. The van der Waals surface area contributed by atoms with Gasteiger partial charge in [0.05, 0.1) is 5.69 Å². The smallest absolute Gasteiger partial charge is 0.368 e. The van der Waals surface area contributed by atoms with Crippen LogP contribution in [-0.4, -0.2) is 19.8 Å². The first kappa shape index (κ1) is 18.6. The van der Waals surface area contributed by atoms with Crippen molar-refractivity contribution in [2.24, 2.45) is 7.05 Å². The van der Waals surface area contributed by atoms with Gasteiger partial charge in [-0.15, -0.1) is 0 Å². The van der Waals surface area contributed by atoms with Crippen molar-refractivity contribution in [2.75, 3.05) is 0 Å². The minimum atomic E-state index is -0.425. The van der Waals surface area contributed by atoms with Crippen LogP contribution < -0.4 is 10.4 Å². The number of tetrazole rings is 1. The molecule has 4 aromatic rings. The number of aryl methyl sites for hydroxylation is 2. The van der Waals surface area contributed by atoms with Crippen molar-refractivity contribution < 1.29 is 9.13 Å². The monoisotopic (exact) mass is 390 g/mol. The highest BCUT2D eigenvalue weighted by atomic mass is 19.1. The fourth-order valence-corrected chi connectivity index (χ4v) is 3.15. The van der Waals surface area contributed by atoms with Crippen molar-refractivity contribution in [3.05, 3.63) is 94.2 Å². The lowest BCUT2D eigenvalue weighted by Gasteiger charge is -2.14. The van der Waals surface area contributed by atoms with Crippen molar-refractivity contribution in [2.45, 2.75) is 13.5 Å². The number of hydrogen-bond donors (Lipinski definition) is 0. The zero-order chi connectivity index (χ0) is 20.4. The van der Waals surface area contributed by atoms with Crippen molar-refractivity contribution in [1.82, 2.24) is 19.8 Å². The Kier molecular flexibility index (Phi) is 4.95. The molecule has 0 saturated heterocycles. The van der Waals surface area contributed by atoms with E-state index >= 15 is 4.39 Å². The van der Waals surface area contributed by atoms with Crippen LogP contribution >= 0.6 is 0 Å². The molecule has 0 atom stereocenters. The molecule has 6 nitrogen and oxygen atoms in total. The summed E-state index contributed by atoms with van der Waals surface area (Å²) in [5.74, 6) is -0.280. The second-order valence-electron chi connectivity index (χ2n) is 6.64.